The highest BCUT2D eigenvalue weighted by molar-refractivity contribution is 7.88. The van der Waals surface area contributed by atoms with Crippen LogP contribution in [0.25, 0.3) is 0 Å². The van der Waals surface area contributed by atoms with E-state index in [4.69, 9.17) is 0 Å². The minimum atomic E-state index is -3.09. The molecule has 5 heteroatoms. The van der Waals surface area contributed by atoms with Gasteiger partial charge in [-0.25, -0.2) is 12.7 Å². The molecule has 0 aliphatic carbocycles. The van der Waals surface area contributed by atoms with Gasteiger partial charge in [0.25, 0.3) is 0 Å². The van der Waals surface area contributed by atoms with Gasteiger partial charge in [0.1, 0.15) is 0 Å². The van der Waals surface area contributed by atoms with E-state index in [0.29, 0.717) is 30.5 Å². The average molecular weight is 349 g/mol. The third kappa shape index (κ3) is 3.14. The van der Waals surface area contributed by atoms with E-state index < -0.39 is 10.0 Å². The number of fused-ring (bicyclic) bond motifs is 4. The van der Waals surface area contributed by atoms with Gasteiger partial charge in [-0.1, -0.05) is 36.8 Å². The number of nitrogens with zero attached hydrogens (tertiary/aromatic N) is 2. The summed E-state index contributed by atoms with van der Waals surface area (Å²) in [4.78, 5) is 2.74. The Kier molecular flexibility index (Phi) is 4.43. The van der Waals surface area contributed by atoms with Crippen LogP contribution in [-0.4, -0.2) is 55.6 Å². The largest absolute Gasteiger partial charge is 0.296 e. The molecule has 3 saturated heterocycles. The van der Waals surface area contributed by atoms with Crippen LogP contribution in [0.4, 0.5) is 0 Å². The molecule has 0 unspecified atom stereocenters. The standard InChI is InChI=1S/C19H28N2O2S/c1-24(22,23)20-13-16-12-17(14-20)19(11-15-7-3-2-4-8-15)21-10-6-5-9-18(16)21/h2-4,7-8,16-19H,5-6,9-14H2,1H3/t16-,17+,18+,19+/m1/s1. The zero-order valence-corrected chi connectivity index (χ0v) is 15.3. The van der Waals surface area contributed by atoms with Gasteiger partial charge in [0.05, 0.1) is 6.26 Å². The number of hydrogen-bond acceptors (Lipinski definition) is 3. The minimum absolute atomic E-state index is 0.466. The molecular weight excluding hydrogens is 320 g/mol. The quantitative estimate of drug-likeness (QED) is 0.842. The fourth-order valence-electron chi connectivity index (χ4n) is 5.27. The molecule has 3 fully saturated rings. The minimum Gasteiger partial charge on any atom is -0.296 e. The van der Waals surface area contributed by atoms with Gasteiger partial charge < -0.3 is 0 Å². The van der Waals surface area contributed by atoms with Gasteiger partial charge >= 0.3 is 0 Å². The predicted molar refractivity (Wildman–Crippen MR) is 96.3 cm³/mol. The first-order valence-electron chi connectivity index (χ1n) is 9.27. The van der Waals surface area contributed by atoms with Gasteiger partial charge in [-0.05, 0) is 49.6 Å². The number of hydrogen-bond donors (Lipinski definition) is 0. The third-order valence-corrected chi connectivity index (χ3v) is 7.58. The zero-order valence-electron chi connectivity index (χ0n) is 14.5. The molecule has 3 aliphatic heterocycles. The van der Waals surface area contributed by atoms with Crippen molar-refractivity contribution >= 4 is 10.0 Å². The van der Waals surface area contributed by atoms with Gasteiger partial charge in [0, 0.05) is 25.2 Å². The third-order valence-electron chi connectivity index (χ3n) is 6.34. The van der Waals surface area contributed by atoms with Gasteiger partial charge in [-0.2, -0.15) is 0 Å². The molecule has 0 N–H and O–H groups in total. The van der Waals surface area contributed by atoms with Crippen LogP contribution < -0.4 is 0 Å². The Morgan fingerprint density at radius 3 is 2.58 bits per heavy atom. The van der Waals surface area contributed by atoms with Gasteiger partial charge in [0.2, 0.25) is 10.0 Å². The summed E-state index contributed by atoms with van der Waals surface area (Å²) >= 11 is 0. The van der Waals surface area contributed by atoms with E-state index in [1.165, 1.54) is 44.0 Å². The van der Waals surface area contributed by atoms with Crippen molar-refractivity contribution in [3.63, 3.8) is 0 Å². The van der Waals surface area contributed by atoms with E-state index in [-0.39, 0.29) is 0 Å². The lowest BCUT2D eigenvalue weighted by atomic mass is 9.71. The van der Waals surface area contributed by atoms with Crippen molar-refractivity contribution in [1.82, 2.24) is 9.21 Å². The summed E-state index contributed by atoms with van der Waals surface area (Å²) in [6.07, 6.45) is 7.44. The van der Waals surface area contributed by atoms with E-state index in [1.807, 2.05) is 0 Å². The Morgan fingerprint density at radius 1 is 1.08 bits per heavy atom. The van der Waals surface area contributed by atoms with Crippen molar-refractivity contribution in [2.24, 2.45) is 11.8 Å². The van der Waals surface area contributed by atoms with Crippen molar-refractivity contribution in [3.05, 3.63) is 35.9 Å². The second-order valence-electron chi connectivity index (χ2n) is 7.89. The Labute approximate surface area is 145 Å². The summed E-state index contributed by atoms with van der Waals surface area (Å²) in [6.45, 7) is 2.62. The second kappa shape index (κ2) is 6.43. The molecule has 4 atom stereocenters. The van der Waals surface area contributed by atoms with Crippen molar-refractivity contribution in [2.45, 2.75) is 44.2 Å². The second-order valence-corrected chi connectivity index (χ2v) is 9.88. The van der Waals surface area contributed by atoms with E-state index in [1.54, 1.807) is 4.31 Å². The summed E-state index contributed by atoms with van der Waals surface area (Å²) in [5.74, 6) is 0.985. The smallest absolute Gasteiger partial charge is 0.211 e. The lowest BCUT2D eigenvalue weighted by molar-refractivity contribution is -0.0549. The molecule has 0 saturated carbocycles. The number of rotatable bonds is 3. The highest BCUT2D eigenvalue weighted by Gasteiger charge is 2.48. The molecule has 132 valence electrons. The lowest BCUT2D eigenvalue weighted by Crippen LogP contribution is -2.64. The molecule has 3 heterocycles. The molecule has 0 spiro atoms. The van der Waals surface area contributed by atoms with Crippen LogP contribution in [-0.2, 0) is 16.4 Å². The maximum absolute atomic E-state index is 12.2. The summed E-state index contributed by atoms with van der Waals surface area (Å²) in [7, 11) is -3.09. The fraction of sp³-hybridized carbons (Fsp3) is 0.684. The first kappa shape index (κ1) is 16.6. The Morgan fingerprint density at radius 2 is 1.83 bits per heavy atom. The number of piperidine rings is 3. The van der Waals surface area contributed by atoms with Crippen LogP contribution in [0, 0.1) is 11.8 Å². The molecule has 3 aliphatic rings. The van der Waals surface area contributed by atoms with Crippen LogP contribution in [0.3, 0.4) is 0 Å². The number of sulfonamides is 1. The molecule has 1 aromatic rings. The van der Waals surface area contributed by atoms with E-state index >= 15 is 0 Å². The summed E-state index contributed by atoms with van der Waals surface area (Å²) < 4.78 is 26.1. The zero-order chi connectivity index (χ0) is 16.7. The van der Waals surface area contributed by atoms with Crippen molar-refractivity contribution in [2.75, 3.05) is 25.9 Å². The topological polar surface area (TPSA) is 40.6 Å². The average Bonchev–Trinajstić information content (AvgIpc) is 2.59. The Balaban J connectivity index is 1.63. The van der Waals surface area contributed by atoms with Crippen LogP contribution in [0.2, 0.25) is 0 Å². The summed E-state index contributed by atoms with van der Waals surface area (Å²) in [6, 6.07) is 11.8. The van der Waals surface area contributed by atoms with Crippen molar-refractivity contribution in [3.8, 4) is 0 Å². The Bertz CT molecular complexity index is 676. The normalized spacial score (nSPS) is 34.7. The van der Waals surface area contributed by atoms with Gasteiger partial charge in [0.15, 0.2) is 0 Å². The Hall–Kier alpha value is -0.910. The van der Waals surface area contributed by atoms with E-state index in [0.717, 1.165) is 13.0 Å². The van der Waals surface area contributed by atoms with Crippen molar-refractivity contribution in [1.29, 1.82) is 0 Å². The molecule has 1 aromatic carbocycles. The first-order valence-corrected chi connectivity index (χ1v) is 11.1. The van der Waals surface area contributed by atoms with E-state index in [2.05, 4.69) is 35.2 Å². The molecule has 0 radical (unpaired) electrons. The highest BCUT2D eigenvalue weighted by Crippen LogP contribution is 2.42. The summed E-state index contributed by atoms with van der Waals surface area (Å²) in [5, 5.41) is 0. The van der Waals surface area contributed by atoms with E-state index in [9.17, 15) is 8.42 Å². The predicted octanol–water partition coefficient (Wildman–Crippen LogP) is 2.36. The van der Waals surface area contributed by atoms with Crippen LogP contribution in [0.15, 0.2) is 30.3 Å². The van der Waals surface area contributed by atoms with Crippen LogP contribution in [0.5, 0.6) is 0 Å². The van der Waals surface area contributed by atoms with Gasteiger partial charge in [-0.15, -0.1) is 0 Å². The number of benzene rings is 1. The fourth-order valence-corrected chi connectivity index (χ4v) is 6.20. The van der Waals surface area contributed by atoms with Crippen LogP contribution in [0.1, 0.15) is 31.2 Å². The summed E-state index contributed by atoms with van der Waals surface area (Å²) in [5.41, 5.74) is 1.38. The monoisotopic (exact) mass is 348 g/mol. The highest BCUT2D eigenvalue weighted by atomic mass is 32.2. The molecule has 0 amide bonds. The molecular formula is C19H28N2O2S. The van der Waals surface area contributed by atoms with Crippen LogP contribution >= 0.6 is 0 Å². The van der Waals surface area contributed by atoms with Gasteiger partial charge in [-0.3, -0.25) is 4.90 Å². The molecule has 4 nitrogen and oxygen atoms in total. The first-order chi connectivity index (χ1) is 11.5. The maximum Gasteiger partial charge on any atom is 0.211 e. The lowest BCUT2D eigenvalue weighted by Gasteiger charge is -2.56. The molecule has 2 bridgehead atoms. The SMILES string of the molecule is CS(=O)(=O)N1C[C@H]2C[C@@H](C1)[C@H](Cc1ccccc1)N1CCCC[C@@H]21. The molecule has 24 heavy (non-hydrogen) atoms. The molecule has 4 rings (SSSR count). The maximum atomic E-state index is 12.2. The van der Waals surface area contributed by atoms with Crippen molar-refractivity contribution < 1.29 is 8.42 Å². The molecule has 0 aromatic heterocycles.